The van der Waals surface area contributed by atoms with Crippen molar-refractivity contribution in [3.63, 3.8) is 0 Å². The number of rotatable bonds is 7. The number of benzene rings is 2. The summed E-state index contributed by atoms with van der Waals surface area (Å²) < 4.78 is 4.67. The van der Waals surface area contributed by atoms with Gasteiger partial charge in [0.2, 0.25) is 0 Å². The molecule has 0 spiro atoms. The zero-order chi connectivity index (χ0) is 19.9. The van der Waals surface area contributed by atoms with E-state index in [0.717, 1.165) is 26.9 Å². The molecule has 0 aliphatic carbocycles. The van der Waals surface area contributed by atoms with Gasteiger partial charge in [-0.3, -0.25) is 4.79 Å². The molecule has 0 bridgehead atoms. The van der Waals surface area contributed by atoms with Crippen molar-refractivity contribution >= 4 is 35.0 Å². The van der Waals surface area contributed by atoms with Gasteiger partial charge in [-0.15, -0.1) is 23.1 Å². The van der Waals surface area contributed by atoms with Crippen molar-refractivity contribution in [3.05, 3.63) is 81.3 Å². The Kier molecular flexibility index (Phi) is 6.84. The van der Waals surface area contributed by atoms with E-state index in [0.29, 0.717) is 17.7 Å². The number of thiazole rings is 1. The largest absolute Gasteiger partial charge is 0.465 e. The first kappa shape index (κ1) is 20.1. The van der Waals surface area contributed by atoms with Crippen LogP contribution in [0.15, 0.2) is 58.8 Å². The normalized spacial score (nSPS) is 10.5. The van der Waals surface area contributed by atoms with Crippen molar-refractivity contribution in [2.45, 2.75) is 24.1 Å². The van der Waals surface area contributed by atoms with Crippen LogP contribution in [0, 0.1) is 6.92 Å². The van der Waals surface area contributed by atoms with Gasteiger partial charge in [-0.05, 0) is 48.9 Å². The molecule has 0 saturated heterocycles. The highest BCUT2D eigenvalue weighted by molar-refractivity contribution is 7.98. The van der Waals surface area contributed by atoms with Gasteiger partial charge in [0.1, 0.15) is 0 Å². The van der Waals surface area contributed by atoms with E-state index in [-0.39, 0.29) is 11.9 Å². The third kappa shape index (κ3) is 5.43. The molecule has 7 heteroatoms. The van der Waals surface area contributed by atoms with Gasteiger partial charge in [0.05, 0.1) is 23.4 Å². The molecule has 0 radical (unpaired) electrons. The lowest BCUT2D eigenvalue weighted by Crippen LogP contribution is -2.22. The number of hydrogen-bond acceptors (Lipinski definition) is 6. The fraction of sp³-hybridized carbons (Fsp3) is 0.190. The second-order valence-corrected chi connectivity index (χ2v) is 8.15. The van der Waals surface area contributed by atoms with Gasteiger partial charge in [0, 0.05) is 28.1 Å². The molecule has 5 nitrogen and oxygen atoms in total. The number of aryl methyl sites for hydroxylation is 1. The van der Waals surface area contributed by atoms with Gasteiger partial charge in [-0.2, -0.15) is 0 Å². The number of thioether (sulfide) groups is 1. The Labute approximate surface area is 172 Å². The van der Waals surface area contributed by atoms with Crippen molar-refractivity contribution in [2.75, 3.05) is 7.11 Å². The minimum atomic E-state index is -0.376. The second-order valence-electron chi connectivity index (χ2n) is 6.04. The molecule has 144 valence electrons. The van der Waals surface area contributed by atoms with Crippen molar-refractivity contribution in [2.24, 2.45) is 0 Å². The van der Waals surface area contributed by atoms with E-state index in [9.17, 15) is 9.59 Å². The van der Waals surface area contributed by atoms with E-state index in [2.05, 4.69) is 20.4 Å². The number of esters is 1. The van der Waals surface area contributed by atoms with Gasteiger partial charge < -0.3 is 10.1 Å². The first-order valence-electron chi connectivity index (χ1n) is 8.64. The third-order valence-electron chi connectivity index (χ3n) is 4.00. The number of nitrogens with zero attached hydrogens (tertiary/aromatic N) is 1. The van der Waals surface area contributed by atoms with E-state index in [1.165, 1.54) is 7.11 Å². The van der Waals surface area contributed by atoms with E-state index >= 15 is 0 Å². The lowest BCUT2D eigenvalue weighted by Gasteiger charge is -2.07. The Hall–Kier alpha value is -2.64. The van der Waals surface area contributed by atoms with Crippen molar-refractivity contribution in [1.29, 1.82) is 0 Å². The molecule has 0 fully saturated rings. The highest BCUT2D eigenvalue weighted by atomic mass is 32.2. The van der Waals surface area contributed by atoms with Crippen molar-refractivity contribution in [1.82, 2.24) is 10.3 Å². The molecule has 0 aliphatic rings. The topological polar surface area (TPSA) is 68.3 Å². The van der Waals surface area contributed by atoms with Crippen LogP contribution in [0.3, 0.4) is 0 Å². The quantitative estimate of drug-likeness (QED) is 0.458. The molecule has 3 rings (SSSR count). The Morgan fingerprint density at radius 1 is 1.07 bits per heavy atom. The zero-order valence-electron chi connectivity index (χ0n) is 15.6. The van der Waals surface area contributed by atoms with Crippen LogP contribution in [-0.2, 0) is 17.0 Å². The van der Waals surface area contributed by atoms with Crippen molar-refractivity contribution in [3.8, 4) is 0 Å². The molecule has 1 N–H and O–H groups in total. The fourth-order valence-corrected chi connectivity index (χ4v) is 4.00. The summed E-state index contributed by atoms with van der Waals surface area (Å²) in [5.74, 6) is 0.305. The first-order valence-corrected chi connectivity index (χ1v) is 10.5. The number of carbonyl (C=O) groups is 2. The van der Waals surface area contributed by atoms with Crippen LogP contribution in [0.1, 0.15) is 37.0 Å². The van der Waals surface area contributed by atoms with Gasteiger partial charge >= 0.3 is 5.97 Å². The average molecular weight is 413 g/mol. The predicted molar refractivity (Wildman–Crippen MR) is 112 cm³/mol. The highest BCUT2D eigenvalue weighted by Crippen LogP contribution is 2.23. The molecule has 1 aromatic heterocycles. The molecule has 0 atom stereocenters. The van der Waals surface area contributed by atoms with E-state index in [1.54, 1.807) is 47.4 Å². The minimum absolute atomic E-state index is 0.135. The molecular weight excluding hydrogens is 392 g/mol. The third-order valence-corrected chi connectivity index (χ3v) is 5.87. The Balaban J connectivity index is 1.50. The number of amides is 1. The maximum absolute atomic E-state index is 12.3. The number of ether oxygens (including phenoxy) is 1. The summed E-state index contributed by atoms with van der Waals surface area (Å²) in [6, 6.07) is 14.5. The molecule has 1 heterocycles. The van der Waals surface area contributed by atoms with E-state index in [1.807, 2.05) is 31.2 Å². The Morgan fingerprint density at radius 3 is 2.36 bits per heavy atom. The average Bonchev–Trinajstić information content (AvgIpc) is 3.16. The summed E-state index contributed by atoms with van der Waals surface area (Å²) in [5, 5.41) is 6.03. The molecule has 0 saturated carbocycles. The van der Waals surface area contributed by atoms with Crippen LogP contribution in [0.2, 0.25) is 0 Å². The number of aromatic nitrogens is 1. The van der Waals surface area contributed by atoms with Gasteiger partial charge in [0.25, 0.3) is 5.91 Å². The van der Waals surface area contributed by atoms with Crippen LogP contribution in [0.4, 0.5) is 0 Å². The number of hydrogen-bond donors (Lipinski definition) is 1. The molecule has 0 unspecified atom stereocenters. The molecule has 28 heavy (non-hydrogen) atoms. The van der Waals surface area contributed by atoms with Crippen molar-refractivity contribution < 1.29 is 14.3 Å². The predicted octanol–water partition coefficient (Wildman–Crippen LogP) is 4.46. The van der Waals surface area contributed by atoms with Crippen LogP contribution in [0.5, 0.6) is 0 Å². The molecular formula is C21H20N2O3S2. The first-order chi connectivity index (χ1) is 13.5. The fourth-order valence-electron chi connectivity index (χ4n) is 2.50. The summed E-state index contributed by atoms with van der Waals surface area (Å²) in [6.45, 7) is 2.39. The van der Waals surface area contributed by atoms with E-state index < -0.39 is 0 Å². The van der Waals surface area contributed by atoms with Gasteiger partial charge in [-0.1, -0.05) is 12.1 Å². The maximum Gasteiger partial charge on any atom is 0.337 e. The Morgan fingerprint density at radius 2 is 1.75 bits per heavy atom. The number of carbonyl (C=O) groups excluding carboxylic acids is 2. The van der Waals surface area contributed by atoms with Crippen LogP contribution in [-0.4, -0.2) is 24.0 Å². The zero-order valence-corrected chi connectivity index (χ0v) is 17.2. The molecule has 3 aromatic rings. The summed E-state index contributed by atoms with van der Waals surface area (Å²) in [5.41, 5.74) is 3.08. The monoisotopic (exact) mass is 412 g/mol. The standard InChI is InChI=1S/C21H20N2O3S2/c1-14-23-18(12-27-14)13-28-19-9-7-16(8-10-19)20(24)22-11-15-3-5-17(6-4-15)21(25)26-2/h3-10,12H,11,13H2,1-2H3,(H,22,24). The number of methoxy groups -OCH3 is 1. The second kappa shape index (κ2) is 9.52. The summed E-state index contributed by atoms with van der Waals surface area (Å²) >= 11 is 3.35. The summed E-state index contributed by atoms with van der Waals surface area (Å²) in [7, 11) is 1.35. The lowest BCUT2D eigenvalue weighted by atomic mass is 10.1. The highest BCUT2D eigenvalue weighted by Gasteiger charge is 2.08. The van der Waals surface area contributed by atoms with Gasteiger partial charge in [-0.25, -0.2) is 9.78 Å². The smallest absolute Gasteiger partial charge is 0.337 e. The number of nitrogens with one attached hydrogen (secondary N) is 1. The van der Waals surface area contributed by atoms with Crippen LogP contribution < -0.4 is 5.32 Å². The summed E-state index contributed by atoms with van der Waals surface area (Å²) in [4.78, 5) is 29.3. The van der Waals surface area contributed by atoms with Crippen LogP contribution in [0.25, 0.3) is 0 Å². The lowest BCUT2D eigenvalue weighted by molar-refractivity contribution is 0.0600. The van der Waals surface area contributed by atoms with Gasteiger partial charge in [0.15, 0.2) is 0 Å². The molecule has 1 amide bonds. The Bertz CT molecular complexity index is 951. The van der Waals surface area contributed by atoms with E-state index in [4.69, 9.17) is 0 Å². The minimum Gasteiger partial charge on any atom is -0.465 e. The van der Waals surface area contributed by atoms with Crippen LogP contribution >= 0.6 is 23.1 Å². The molecule has 0 aliphatic heterocycles. The molecule has 2 aromatic carbocycles. The maximum atomic E-state index is 12.3. The SMILES string of the molecule is COC(=O)c1ccc(CNC(=O)c2ccc(SCc3csc(C)n3)cc2)cc1. The summed E-state index contributed by atoms with van der Waals surface area (Å²) in [6.07, 6.45) is 0.